The molecular formula is C36H48N6O6. The van der Waals surface area contributed by atoms with E-state index in [2.05, 4.69) is 21.0 Å². The summed E-state index contributed by atoms with van der Waals surface area (Å²) in [4.78, 5) is 56.5. The summed E-state index contributed by atoms with van der Waals surface area (Å²) >= 11 is 0. The maximum atomic E-state index is 13.8. The Morgan fingerprint density at radius 2 is 1.67 bits per heavy atom. The van der Waals surface area contributed by atoms with E-state index < -0.39 is 47.6 Å². The minimum Gasteiger partial charge on any atom is -0.443 e. The number of nitrogens with two attached hydrogens (primary N) is 1. The molecule has 1 aliphatic rings. The normalized spacial score (nSPS) is 15.7. The van der Waals surface area contributed by atoms with Gasteiger partial charge in [-0.05, 0) is 70.1 Å². The van der Waals surface area contributed by atoms with Crippen LogP contribution in [0, 0.1) is 5.92 Å². The molecule has 1 heterocycles. The molecule has 12 nitrogen and oxygen atoms in total. The number of hydrogen-bond acceptors (Lipinski definition) is 8. The van der Waals surface area contributed by atoms with Crippen molar-refractivity contribution < 1.29 is 29.0 Å². The molecule has 6 N–H and O–H groups in total. The number of nitrogens with one attached hydrogen (secondary N) is 3. The maximum absolute atomic E-state index is 13.8. The number of benzene rings is 2. The molecule has 0 aliphatic heterocycles. The Hall–Kier alpha value is -4.55. The van der Waals surface area contributed by atoms with Gasteiger partial charge < -0.3 is 26.2 Å². The van der Waals surface area contributed by atoms with Crippen LogP contribution in [0.3, 0.4) is 0 Å². The third kappa shape index (κ3) is 11.3. The Kier molecular flexibility index (Phi) is 12.5. The lowest BCUT2D eigenvalue weighted by atomic mass is 9.89. The summed E-state index contributed by atoms with van der Waals surface area (Å²) in [7, 11) is 0. The Morgan fingerprint density at radius 3 is 2.35 bits per heavy atom. The van der Waals surface area contributed by atoms with Crippen molar-refractivity contribution in [3.63, 3.8) is 0 Å². The van der Waals surface area contributed by atoms with Gasteiger partial charge >= 0.3 is 6.09 Å². The molecule has 12 heteroatoms. The average Bonchev–Trinajstić information content (AvgIpc) is 3.03. The summed E-state index contributed by atoms with van der Waals surface area (Å²) < 4.78 is 5.54. The zero-order chi connectivity index (χ0) is 34.7. The third-order valence-corrected chi connectivity index (χ3v) is 8.21. The number of carbonyl (C=O) groups is 4. The number of amides is 4. The van der Waals surface area contributed by atoms with Crippen molar-refractivity contribution >= 4 is 34.7 Å². The van der Waals surface area contributed by atoms with Crippen molar-refractivity contribution in [2.75, 3.05) is 13.1 Å². The predicted octanol–water partition coefficient (Wildman–Crippen LogP) is 3.97. The van der Waals surface area contributed by atoms with Crippen molar-refractivity contribution in [2.45, 2.75) is 89.5 Å². The molecule has 1 aliphatic carbocycles. The fourth-order valence-electron chi connectivity index (χ4n) is 5.92. The number of carbonyl (C=O) groups excluding carboxylic acids is 4. The highest BCUT2D eigenvalue weighted by Crippen LogP contribution is 2.24. The van der Waals surface area contributed by atoms with Crippen LogP contribution in [0.4, 0.5) is 4.79 Å². The molecule has 3 aromatic rings. The number of rotatable bonds is 14. The minimum absolute atomic E-state index is 0.0507. The van der Waals surface area contributed by atoms with E-state index >= 15 is 0 Å². The van der Waals surface area contributed by atoms with Gasteiger partial charge in [-0.25, -0.2) is 14.8 Å². The van der Waals surface area contributed by atoms with Gasteiger partial charge in [-0.2, -0.15) is 0 Å². The molecule has 0 unspecified atom stereocenters. The number of pyridine rings is 1. The summed E-state index contributed by atoms with van der Waals surface area (Å²) in [5, 5.41) is 19.2. The highest BCUT2D eigenvalue weighted by Gasteiger charge is 2.41. The highest BCUT2D eigenvalue weighted by molar-refractivity contribution is 6.00. The van der Waals surface area contributed by atoms with E-state index in [1.54, 1.807) is 44.0 Å². The topological polar surface area (TPSA) is 176 Å². The molecule has 0 radical (unpaired) electrons. The highest BCUT2D eigenvalue weighted by atomic mass is 16.6. The van der Waals surface area contributed by atoms with E-state index in [-0.39, 0.29) is 12.2 Å². The number of hydrazine groups is 1. The Bertz CT molecular complexity index is 1560. The molecule has 0 bridgehead atoms. The monoisotopic (exact) mass is 660 g/mol. The molecule has 4 amide bonds. The summed E-state index contributed by atoms with van der Waals surface area (Å²) in [6.07, 6.45) is 4.90. The third-order valence-electron chi connectivity index (χ3n) is 8.21. The molecule has 2 aromatic carbocycles. The lowest BCUT2D eigenvalue weighted by molar-refractivity contribution is -0.148. The summed E-state index contributed by atoms with van der Waals surface area (Å²) in [5.74, 6) is -2.53. The van der Waals surface area contributed by atoms with Crippen molar-refractivity contribution in [3.8, 4) is 0 Å². The van der Waals surface area contributed by atoms with Crippen LogP contribution in [0.1, 0.15) is 81.8 Å². The Morgan fingerprint density at radius 1 is 0.979 bits per heavy atom. The number of hydrogen-bond donors (Lipinski definition) is 5. The van der Waals surface area contributed by atoms with Crippen LogP contribution in [0.2, 0.25) is 0 Å². The number of para-hydroxylation sites is 1. The second-order valence-electron chi connectivity index (χ2n) is 13.6. The first-order valence-electron chi connectivity index (χ1n) is 16.6. The van der Waals surface area contributed by atoms with Gasteiger partial charge in [0.2, 0.25) is 11.6 Å². The van der Waals surface area contributed by atoms with E-state index in [9.17, 15) is 24.3 Å². The fraction of sp³-hybridized carbons (Fsp3) is 0.472. The number of fused-ring (bicyclic) bond motifs is 1. The van der Waals surface area contributed by atoms with Crippen LogP contribution in [-0.2, 0) is 20.7 Å². The second-order valence-corrected chi connectivity index (χ2v) is 13.6. The van der Waals surface area contributed by atoms with Gasteiger partial charge in [0.05, 0.1) is 11.9 Å². The quantitative estimate of drug-likeness (QED) is 0.127. The SMILES string of the molecule is CC(C)(C)OC(=O)NN(CC1CCCCC1)C[C@H](CCc1ccccc1)NC(=O)[C@](O)(CC(N)=O)NC(=O)c1ccc2ccccc2n1. The van der Waals surface area contributed by atoms with Gasteiger partial charge in [-0.15, -0.1) is 0 Å². The number of primary amides is 1. The van der Waals surface area contributed by atoms with E-state index in [1.807, 2.05) is 42.5 Å². The first-order chi connectivity index (χ1) is 22.8. The van der Waals surface area contributed by atoms with E-state index in [0.29, 0.717) is 30.8 Å². The van der Waals surface area contributed by atoms with Crippen LogP contribution in [0.25, 0.3) is 10.9 Å². The molecule has 1 fully saturated rings. The predicted molar refractivity (Wildman–Crippen MR) is 182 cm³/mol. The Labute approximate surface area is 281 Å². The number of nitrogens with zero attached hydrogens (tertiary/aromatic N) is 2. The number of aromatic nitrogens is 1. The standard InChI is InChI=1S/C36H48N6O6/c1-35(2,3)48-34(46)41-42(23-26-14-8-5-9-15-26)24-28(20-18-25-12-6-4-7-13-25)38-33(45)36(47,22-31(37)43)40-32(44)30-21-19-27-16-10-11-17-29(27)39-30/h4,6-7,10-13,16-17,19,21,26,28,47H,5,8-9,14-15,18,20,22-24H2,1-3H3,(H2,37,43)(H,38,45)(H,40,44)(H,41,46)/t28-,36+/m0/s1. The molecular weight excluding hydrogens is 612 g/mol. The maximum Gasteiger partial charge on any atom is 0.422 e. The largest absolute Gasteiger partial charge is 0.443 e. The van der Waals surface area contributed by atoms with Crippen LogP contribution < -0.4 is 21.8 Å². The van der Waals surface area contributed by atoms with Crippen molar-refractivity contribution in [3.05, 3.63) is 78.0 Å². The zero-order valence-corrected chi connectivity index (χ0v) is 28.0. The first-order valence-corrected chi connectivity index (χ1v) is 16.6. The minimum atomic E-state index is -2.67. The molecule has 1 saturated carbocycles. The van der Waals surface area contributed by atoms with Crippen molar-refractivity contribution in [1.29, 1.82) is 0 Å². The number of ether oxygens (including phenoxy) is 1. The molecule has 2 atom stereocenters. The second kappa shape index (κ2) is 16.5. The lowest BCUT2D eigenvalue weighted by Gasteiger charge is -2.35. The average molecular weight is 661 g/mol. The van der Waals surface area contributed by atoms with Gasteiger partial charge in [0.1, 0.15) is 11.3 Å². The number of aryl methyl sites for hydroxylation is 1. The van der Waals surface area contributed by atoms with E-state index in [1.165, 1.54) is 12.5 Å². The van der Waals surface area contributed by atoms with Crippen molar-refractivity contribution in [1.82, 2.24) is 26.1 Å². The van der Waals surface area contributed by atoms with Crippen LogP contribution in [0.15, 0.2) is 66.7 Å². The molecule has 0 spiro atoms. The fourth-order valence-corrected chi connectivity index (χ4v) is 5.92. The van der Waals surface area contributed by atoms with Gasteiger partial charge in [-0.1, -0.05) is 73.9 Å². The van der Waals surface area contributed by atoms with Crippen LogP contribution >= 0.6 is 0 Å². The number of aliphatic hydroxyl groups is 1. The Balaban J connectivity index is 1.57. The van der Waals surface area contributed by atoms with Crippen molar-refractivity contribution in [2.24, 2.45) is 11.7 Å². The molecule has 0 saturated heterocycles. The molecule has 1 aromatic heterocycles. The smallest absolute Gasteiger partial charge is 0.422 e. The summed E-state index contributed by atoms with van der Waals surface area (Å²) in [5.41, 5.74) is 6.45. The molecule has 258 valence electrons. The molecule has 4 rings (SSSR count). The van der Waals surface area contributed by atoms with Gasteiger partial charge in [0, 0.05) is 24.5 Å². The molecule has 48 heavy (non-hydrogen) atoms. The first kappa shape index (κ1) is 36.3. The summed E-state index contributed by atoms with van der Waals surface area (Å²) in [6, 6.07) is 19.4. The summed E-state index contributed by atoms with van der Waals surface area (Å²) in [6.45, 7) is 6.04. The van der Waals surface area contributed by atoms with Crippen LogP contribution in [-0.4, -0.2) is 69.4 Å². The van der Waals surface area contributed by atoms with E-state index in [0.717, 1.165) is 36.6 Å². The lowest BCUT2D eigenvalue weighted by Crippen LogP contribution is -2.63. The van der Waals surface area contributed by atoms with Gasteiger partial charge in [0.25, 0.3) is 11.8 Å². The van der Waals surface area contributed by atoms with Crippen LogP contribution in [0.5, 0.6) is 0 Å². The zero-order valence-electron chi connectivity index (χ0n) is 28.0. The van der Waals surface area contributed by atoms with E-state index in [4.69, 9.17) is 10.5 Å². The van der Waals surface area contributed by atoms with Gasteiger partial charge in [0.15, 0.2) is 0 Å². The van der Waals surface area contributed by atoms with Gasteiger partial charge in [-0.3, -0.25) is 19.8 Å².